The molecule has 0 saturated heterocycles. The first-order valence-electron chi connectivity index (χ1n) is 7.55. The Morgan fingerprint density at radius 2 is 1.50 bits per heavy atom. The molecule has 0 spiro atoms. The number of carbonyl (C=O) groups is 1. The minimum Gasteiger partial charge on any atom is -0.381 e. The van der Waals surface area contributed by atoms with Gasteiger partial charge in [0.2, 0.25) is 5.91 Å². The Bertz CT molecular complexity index is 622. The van der Waals surface area contributed by atoms with E-state index in [1.54, 1.807) is 0 Å². The van der Waals surface area contributed by atoms with Gasteiger partial charge in [0, 0.05) is 12.2 Å². The van der Waals surface area contributed by atoms with Gasteiger partial charge < -0.3 is 11.1 Å². The molecular weight excluding hydrogens is 272 g/mol. The highest BCUT2D eigenvalue weighted by Crippen LogP contribution is 2.22. The Kier molecular flexibility index (Phi) is 4.86. The van der Waals surface area contributed by atoms with Gasteiger partial charge in [0.15, 0.2) is 0 Å². The molecule has 0 aliphatic carbocycles. The predicted molar refractivity (Wildman–Crippen MR) is 91.8 cm³/mol. The first-order chi connectivity index (χ1) is 10.3. The molecule has 3 N–H and O–H groups in total. The van der Waals surface area contributed by atoms with Crippen LogP contribution in [0.2, 0.25) is 0 Å². The molecule has 116 valence electrons. The molecule has 0 unspecified atom stereocenters. The van der Waals surface area contributed by atoms with Crippen molar-refractivity contribution >= 4 is 11.6 Å². The molecule has 0 fully saturated rings. The van der Waals surface area contributed by atoms with Gasteiger partial charge in [0.05, 0.1) is 6.42 Å². The molecule has 3 nitrogen and oxygen atoms in total. The average Bonchev–Trinajstić information content (AvgIpc) is 2.45. The number of hydrogen-bond donors (Lipinski definition) is 2. The minimum atomic E-state index is -0.306. The zero-order valence-corrected chi connectivity index (χ0v) is 13.5. The fraction of sp³-hybridized carbons (Fsp3) is 0.316. The molecule has 0 heterocycles. The number of benzene rings is 2. The monoisotopic (exact) mass is 296 g/mol. The number of hydrogen-bond acceptors (Lipinski definition) is 2. The summed E-state index contributed by atoms with van der Waals surface area (Å²) < 4.78 is 0. The van der Waals surface area contributed by atoms with Crippen molar-refractivity contribution in [2.24, 2.45) is 5.73 Å². The quantitative estimate of drug-likeness (QED) is 0.885. The SMILES string of the molecule is CC(C)(C)c1ccc(CNc2ccc(CC(N)=O)cc2)cc1. The summed E-state index contributed by atoms with van der Waals surface area (Å²) in [6.07, 6.45) is 0.286. The van der Waals surface area contributed by atoms with E-state index in [0.717, 1.165) is 17.8 Å². The number of nitrogens with two attached hydrogens (primary N) is 1. The van der Waals surface area contributed by atoms with E-state index in [1.165, 1.54) is 11.1 Å². The molecule has 0 aromatic heterocycles. The van der Waals surface area contributed by atoms with Gasteiger partial charge in [0.1, 0.15) is 0 Å². The highest BCUT2D eigenvalue weighted by atomic mass is 16.1. The summed E-state index contributed by atoms with van der Waals surface area (Å²) in [5.41, 5.74) is 9.93. The van der Waals surface area contributed by atoms with Gasteiger partial charge in [0.25, 0.3) is 0 Å². The lowest BCUT2D eigenvalue weighted by Gasteiger charge is -2.19. The van der Waals surface area contributed by atoms with Crippen LogP contribution >= 0.6 is 0 Å². The average molecular weight is 296 g/mol. The Morgan fingerprint density at radius 1 is 0.955 bits per heavy atom. The van der Waals surface area contributed by atoms with Crippen LogP contribution in [-0.4, -0.2) is 5.91 Å². The van der Waals surface area contributed by atoms with E-state index in [1.807, 2.05) is 24.3 Å². The molecule has 2 aromatic rings. The van der Waals surface area contributed by atoms with Crippen LogP contribution < -0.4 is 11.1 Å². The molecular formula is C19H24N2O. The van der Waals surface area contributed by atoms with Gasteiger partial charge in [-0.25, -0.2) is 0 Å². The molecule has 0 aliphatic heterocycles. The second-order valence-electron chi connectivity index (χ2n) is 6.64. The summed E-state index contributed by atoms with van der Waals surface area (Å²) in [4.78, 5) is 10.9. The fourth-order valence-electron chi connectivity index (χ4n) is 2.27. The summed E-state index contributed by atoms with van der Waals surface area (Å²) in [5.74, 6) is -0.306. The van der Waals surface area contributed by atoms with Gasteiger partial charge in [-0.05, 0) is 34.2 Å². The molecule has 22 heavy (non-hydrogen) atoms. The lowest BCUT2D eigenvalue weighted by Crippen LogP contribution is -2.13. The maximum absolute atomic E-state index is 10.9. The van der Waals surface area contributed by atoms with Crippen LogP contribution in [0.25, 0.3) is 0 Å². The third-order valence-electron chi connectivity index (χ3n) is 3.65. The fourth-order valence-corrected chi connectivity index (χ4v) is 2.27. The zero-order valence-electron chi connectivity index (χ0n) is 13.5. The largest absolute Gasteiger partial charge is 0.381 e. The van der Waals surface area contributed by atoms with Crippen LogP contribution in [-0.2, 0) is 23.2 Å². The van der Waals surface area contributed by atoms with E-state index in [4.69, 9.17) is 5.73 Å². The van der Waals surface area contributed by atoms with Gasteiger partial charge in [-0.15, -0.1) is 0 Å². The summed E-state index contributed by atoms with van der Waals surface area (Å²) >= 11 is 0. The maximum Gasteiger partial charge on any atom is 0.221 e. The number of rotatable bonds is 5. The molecule has 3 heteroatoms. The van der Waals surface area contributed by atoms with Crippen molar-refractivity contribution in [3.05, 3.63) is 65.2 Å². The number of primary amides is 1. The van der Waals surface area contributed by atoms with E-state index in [-0.39, 0.29) is 17.7 Å². The predicted octanol–water partition coefficient (Wildman–Crippen LogP) is 3.62. The van der Waals surface area contributed by atoms with Crippen molar-refractivity contribution in [1.29, 1.82) is 0 Å². The molecule has 0 radical (unpaired) electrons. The highest BCUT2D eigenvalue weighted by molar-refractivity contribution is 5.76. The molecule has 0 aliphatic rings. The van der Waals surface area contributed by atoms with E-state index in [2.05, 4.69) is 50.4 Å². The summed E-state index contributed by atoms with van der Waals surface area (Å²) in [6.45, 7) is 7.43. The van der Waals surface area contributed by atoms with Crippen molar-refractivity contribution in [2.45, 2.75) is 39.2 Å². The molecule has 0 saturated carbocycles. The maximum atomic E-state index is 10.9. The van der Waals surface area contributed by atoms with Gasteiger partial charge in [-0.2, -0.15) is 0 Å². The van der Waals surface area contributed by atoms with Gasteiger partial charge >= 0.3 is 0 Å². The molecule has 1 amide bonds. The molecule has 0 atom stereocenters. The molecule has 0 bridgehead atoms. The van der Waals surface area contributed by atoms with Gasteiger partial charge in [-0.3, -0.25) is 4.79 Å². The van der Waals surface area contributed by atoms with Crippen LogP contribution in [0.1, 0.15) is 37.5 Å². The number of amides is 1. The van der Waals surface area contributed by atoms with Crippen LogP contribution in [0.15, 0.2) is 48.5 Å². The van der Waals surface area contributed by atoms with Crippen LogP contribution in [0.4, 0.5) is 5.69 Å². The Morgan fingerprint density at radius 3 is 2.00 bits per heavy atom. The van der Waals surface area contributed by atoms with E-state index in [9.17, 15) is 4.79 Å². The van der Waals surface area contributed by atoms with Crippen molar-refractivity contribution in [3.8, 4) is 0 Å². The van der Waals surface area contributed by atoms with E-state index < -0.39 is 0 Å². The number of nitrogens with one attached hydrogen (secondary N) is 1. The first-order valence-corrected chi connectivity index (χ1v) is 7.55. The van der Waals surface area contributed by atoms with Crippen molar-refractivity contribution in [3.63, 3.8) is 0 Å². The third-order valence-corrected chi connectivity index (χ3v) is 3.65. The minimum absolute atomic E-state index is 0.183. The van der Waals surface area contributed by atoms with E-state index in [0.29, 0.717) is 0 Å². The van der Waals surface area contributed by atoms with Crippen molar-refractivity contribution < 1.29 is 4.79 Å². The Balaban J connectivity index is 1.94. The number of anilines is 1. The van der Waals surface area contributed by atoms with Crippen molar-refractivity contribution in [1.82, 2.24) is 0 Å². The lowest BCUT2D eigenvalue weighted by atomic mass is 9.87. The lowest BCUT2D eigenvalue weighted by molar-refractivity contribution is -0.117. The Hall–Kier alpha value is -2.29. The second-order valence-corrected chi connectivity index (χ2v) is 6.64. The number of carbonyl (C=O) groups excluding carboxylic acids is 1. The first kappa shape index (κ1) is 16.1. The summed E-state index contributed by atoms with van der Waals surface area (Å²) in [5, 5.41) is 3.38. The summed E-state index contributed by atoms with van der Waals surface area (Å²) in [7, 11) is 0. The smallest absolute Gasteiger partial charge is 0.221 e. The van der Waals surface area contributed by atoms with Gasteiger partial charge in [-0.1, -0.05) is 57.2 Å². The standard InChI is InChI=1S/C19H24N2O/c1-19(2,3)16-8-4-15(5-9-16)13-21-17-10-6-14(7-11-17)12-18(20)22/h4-11,21H,12-13H2,1-3H3,(H2,20,22). The second kappa shape index (κ2) is 6.65. The third kappa shape index (κ3) is 4.62. The molecule has 2 aromatic carbocycles. The zero-order chi connectivity index (χ0) is 16.2. The van der Waals surface area contributed by atoms with Crippen LogP contribution in [0.5, 0.6) is 0 Å². The topological polar surface area (TPSA) is 55.1 Å². The Labute approximate surface area is 132 Å². The van der Waals surface area contributed by atoms with Crippen molar-refractivity contribution in [2.75, 3.05) is 5.32 Å². The molecule has 2 rings (SSSR count). The normalized spacial score (nSPS) is 11.2. The van der Waals surface area contributed by atoms with Crippen LogP contribution in [0, 0.1) is 0 Å². The van der Waals surface area contributed by atoms with Crippen LogP contribution in [0.3, 0.4) is 0 Å². The highest BCUT2D eigenvalue weighted by Gasteiger charge is 2.12. The summed E-state index contributed by atoms with van der Waals surface area (Å²) in [6, 6.07) is 16.5. The van der Waals surface area contributed by atoms with E-state index >= 15 is 0 Å².